The average Bonchev–Trinajstić information content (AvgIpc) is 3.00. The molecular formula is C38H51NO3. The highest BCUT2D eigenvalue weighted by molar-refractivity contribution is 5.73. The van der Waals surface area contributed by atoms with Crippen LogP contribution < -0.4 is 4.74 Å². The Kier molecular flexibility index (Phi) is 11.4. The van der Waals surface area contributed by atoms with Crippen LogP contribution in [0.2, 0.25) is 0 Å². The van der Waals surface area contributed by atoms with Crippen molar-refractivity contribution in [2.45, 2.75) is 109 Å². The third-order valence-electron chi connectivity index (χ3n) is 8.76. The lowest BCUT2D eigenvalue weighted by atomic mass is 9.83. The Balaban J connectivity index is 1.53. The number of likely N-dealkylation sites (tertiary alicyclic amines) is 1. The minimum absolute atomic E-state index is 0.0955. The molecule has 4 rings (SSSR count). The number of esters is 1. The van der Waals surface area contributed by atoms with Gasteiger partial charge in [0.05, 0.1) is 0 Å². The maximum Gasteiger partial charge on any atom is 0.311 e. The zero-order chi connectivity index (χ0) is 30.0. The van der Waals surface area contributed by atoms with Gasteiger partial charge in [0.15, 0.2) is 0 Å². The van der Waals surface area contributed by atoms with Crippen LogP contribution in [0.3, 0.4) is 0 Å². The quantitative estimate of drug-likeness (QED) is 0.127. The number of carbonyl (C=O) groups excluding carboxylic acids is 1. The first kappa shape index (κ1) is 32.0. The Bertz CT molecular complexity index is 1200. The van der Waals surface area contributed by atoms with Gasteiger partial charge in [0.25, 0.3) is 0 Å². The van der Waals surface area contributed by atoms with Gasteiger partial charge in [-0.15, -0.1) is 0 Å². The molecule has 42 heavy (non-hydrogen) atoms. The van der Waals surface area contributed by atoms with Gasteiger partial charge in [0.1, 0.15) is 11.5 Å². The van der Waals surface area contributed by atoms with Gasteiger partial charge < -0.3 is 9.84 Å². The van der Waals surface area contributed by atoms with Crippen LogP contribution in [-0.4, -0.2) is 29.1 Å². The standard InChI is InChI=1S/C38H51NO3/c1-5-18-36(40)42-35-29-32(37(2,3)4)24-25-34(35)38(41,39-27-16-9-17-28-39)26-15-8-14-23-33(30-19-10-6-11-20-30)31-21-12-7-13-22-31/h6-7,10-13,19-22,24-25,29,33,41H,5,8-9,14-18,23,26-28H2,1-4H3. The lowest BCUT2D eigenvalue weighted by molar-refractivity contribution is -0.138. The molecule has 3 aromatic rings. The first-order chi connectivity index (χ1) is 20.2. The maximum absolute atomic E-state index is 12.7. The second kappa shape index (κ2) is 15.0. The average molecular weight is 570 g/mol. The van der Waals surface area contributed by atoms with E-state index in [1.165, 1.54) is 17.5 Å². The number of nitrogens with zero attached hydrogens (tertiary/aromatic N) is 1. The highest BCUT2D eigenvalue weighted by Crippen LogP contribution is 2.41. The molecular weight excluding hydrogens is 518 g/mol. The third-order valence-corrected chi connectivity index (χ3v) is 8.76. The summed E-state index contributed by atoms with van der Waals surface area (Å²) < 4.78 is 5.99. The molecule has 1 N–H and O–H groups in total. The van der Waals surface area contributed by atoms with Crippen LogP contribution in [0.5, 0.6) is 5.75 Å². The molecule has 1 heterocycles. The first-order valence-electron chi connectivity index (χ1n) is 16.2. The summed E-state index contributed by atoms with van der Waals surface area (Å²) >= 11 is 0. The minimum atomic E-state index is -1.17. The van der Waals surface area contributed by atoms with Gasteiger partial charge in [0.2, 0.25) is 0 Å². The normalized spacial score (nSPS) is 15.9. The van der Waals surface area contributed by atoms with E-state index in [0.717, 1.165) is 69.2 Å². The van der Waals surface area contributed by atoms with Gasteiger partial charge in [-0.1, -0.05) is 120 Å². The van der Waals surface area contributed by atoms with E-state index in [0.29, 0.717) is 24.5 Å². The van der Waals surface area contributed by atoms with E-state index in [2.05, 4.69) is 92.4 Å². The molecule has 1 fully saturated rings. The van der Waals surface area contributed by atoms with Crippen molar-refractivity contribution >= 4 is 5.97 Å². The minimum Gasteiger partial charge on any atom is -0.426 e. The van der Waals surface area contributed by atoms with Crippen molar-refractivity contribution in [2.75, 3.05) is 13.1 Å². The summed E-state index contributed by atoms with van der Waals surface area (Å²) in [6.45, 7) is 10.2. The fourth-order valence-corrected chi connectivity index (χ4v) is 6.30. The van der Waals surface area contributed by atoms with Gasteiger partial charge in [-0.3, -0.25) is 9.69 Å². The number of unbranched alkanes of at least 4 members (excludes halogenated alkanes) is 2. The number of hydrogen-bond donors (Lipinski definition) is 1. The summed E-state index contributed by atoms with van der Waals surface area (Å²) in [6, 6.07) is 27.7. The van der Waals surface area contributed by atoms with Crippen LogP contribution in [0.15, 0.2) is 78.9 Å². The molecule has 226 valence electrons. The third kappa shape index (κ3) is 8.33. The Labute approximate surface area is 254 Å². The molecule has 4 nitrogen and oxygen atoms in total. The molecule has 1 unspecified atom stereocenters. The Morgan fingerprint density at radius 1 is 0.857 bits per heavy atom. The molecule has 0 aromatic heterocycles. The summed E-state index contributed by atoms with van der Waals surface area (Å²) in [6.07, 6.45) is 9.11. The van der Waals surface area contributed by atoms with Crippen molar-refractivity contribution in [1.29, 1.82) is 0 Å². The monoisotopic (exact) mass is 569 g/mol. The van der Waals surface area contributed by atoms with Gasteiger partial charge in [-0.2, -0.15) is 0 Å². The molecule has 0 saturated carbocycles. The van der Waals surface area contributed by atoms with Crippen molar-refractivity contribution in [3.05, 3.63) is 101 Å². The van der Waals surface area contributed by atoms with E-state index in [4.69, 9.17) is 4.74 Å². The summed E-state index contributed by atoms with van der Waals surface area (Å²) in [5, 5.41) is 12.5. The number of aliphatic hydroxyl groups is 1. The van der Waals surface area contributed by atoms with Crippen LogP contribution >= 0.6 is 0 Å². The predicted octanol–water partition coefficient (Wildman–Crippen LogP) is 9.10. The molecule has 1 saturated heterocycles. The SMILES string of the molecule is CCCC(=O)Oc1cc(C(C)(C)C)ccc1C(O)(CCCCCC(c1ccccc1)c1ccccc1)N1CCCCC1. The van der Waals surface area contributed by atoms with Crippen LogP contribution in [0.4, 0.5) is 0 Å². The molecule has 1 aliphatic rings. The molecule has 1 aliphatic heterocycles. The molecule has 4 heteroatoms. The number of carbonyl (C=O) groups is 1. The van der Waals surface area contributed by atoms with Crippen LogP contribution in [0, 0.1) is 0 Å². The van der Waals surface area contributed by atoms with Crippen LogP contribution in [0.25, 0.3) is 0 Å². The highest BCUT2D eigenvalue weighted by atomic mass is 16.5. The number of piperidine rings is 1. The van der Waals surface area contributed by atoms with Crippen molar-refractivity contribution in [1.82, 2.24) is 4.90 Å². The molecule has 1 atom stereocenters. The second-order valence-corrected chi connectivity index (χ2v) is 13.0. The molecule has 0 aliphatic carbocycles. The maximum atomic E-state index is 12.7. The van der Waals surface area contributed by atoms with Gasteiger partial charge in [0, 0.05) is 31.0 Å². The number of benzene rings is 3. The van der Waals surface area contributed by atoms with Crippen molar-refractivity contribution in [2.24, 2.45) is 0 Å². The van der Waals surface area contributed by atoms with Crippen molar-refractivity contribution < 1.29 is 14.6 Å². The molecule has 0 spiro atoms. The van der Waals surface area contributed by atoms with E-state index in [9.17, 15) is 9.90 Å². The Morgan fingerprint density at radius 3 is 2.05 bits per heavy atom. The molecule has 0 radical (unpaired) electrons. The van der Waals surface area contributed by atoms with E-state index >= 15 is 0 Å². The number of ether oxygens (including phenoxy) is 1. The Hall–Kier alpha value is -2.95. The van der Waals surface area contributed by atoms with Crippen LogP contribution in [-0.2, 0) is 15.9 Å². The van der Waals surface area contributed by atoms with Gasteiger partial charge in [-0.05, 0) is 66.7 Å². The summed E-state index contributed by atoms with van der Waals surface area (Å²) in [7, 11) is 0. The lowest BCUT2D eigenvalue weighted by Gasteiger charge is -2.43. The summed E-state index contributed by atoms with van der Waals surface area (Å²) in [4.78, 5) is 14.9. The second-order valence-electron chi connectivity index (χ2n) is 13.0. The smallest absolute Gasteiger partial charge is 0.311 e. The van der Waals surface area contributed by atoms with E-state index in [1.54, 1.807) is 0 Å². The number of rotatable bonds is 13. The van der Waals surface area contributed by atoms with Gasteiger partial charge in [-0.25, -0.2) is 0 Å². The predicted molar refractivity (Wildman–Crippen MR) is 173 cm³/mol. The lowest BCUT2D eigenvalue weighted by Crippen LogP contribution is -2.49. The van der Waals surface area contributed by atoms with Crippen LogP contribution in [0.1, 0.15) is 120 Å². The van der Waals surface area contributed by atoms with E-state index in [1.807, 2.05) is 19.1 Å². The summed E-state index contributed by atoms with van der Waals surface area (Å²) in [5.74, 6) is 0.642. The molecule has 0 bridgehead atoms. The number of hydrogen-bond acceptors (Lipinski definition) is 4. The topological polar surface area (TPSA) is 49.8 Å². The fraction of sp³-hybridized carbons (Fsp3) is 0.500. The van der Waals surface area contributed by atoms with Crippen molar-refractivity contribution in [3.63, 3.8) is 0 Å². The fourth-order valence-electron chi connectivity index (χ4n) is 6.30. The Morgan fingerprint density at radius 2 is 1.48 bits per heavy atom. The zero-order valence-electron chi connectivity index (χ0n) is 26.3. The largest absolute Gasteiger partial charge is 0.426 e. The van der Waals surface area contributed by atoms with E-state index in [-0.39, 0.29) is 11.4 Å². The van der Waals surface area contributed by atoms with E-state index < -0.39 is 5.72 Å². The van der Waals surface area contributed by atoms with Gasteiger partial charge >= 0.3 is 5.97 Å². The molecule has 3 aromatic carbocycles. The zero-order valence-corrected chi connectivity index (χ0v) is 26.3. The highest BCUT2D eigenvalue weighted by Gasteiger charge is 2.39. The summed E-state index contributed by atoms with van der Waals surface area (Å²) in [5.41, 5.74) is 3.27. The van der Waals surface area contributed by atoms with Crippen molar-refractivity contribution in [3.8, 4) is 5.75 Å². The first-order valence-corrected chi connectivity index (χ1v) is 16.2. The molecule has 0 amide bonds.